The molecule has 0 heterocycles. The average molecular weight is 359 g/mol. The van der Waals surface area contributed by atoms with Crippen LogP contribution in [-0.2, 0) is 29.5 Å². The second kappa shape index (κ2) is 8.69. The topological polar surface area (TPSA) is 97.1 Å². The van der Waals surface area contributed by atoms with Gasteiger partial charge >= 0.3 is 7.82 Å². The van der Waals surface area contributed by atoms with Crippen LogP contribution in [-0.4, -0.2) is 31.4 Å². The highest BCUT2D eigenvalue weighted by Crippen LogP contribution is 2.52. The van der Waals surface area contributed by atoms with Crippen molar-refractivity contribution < 1.29 is 27.8 Å². The minimum Gasteiger partial charge on any atom is -0.379 e. The van der Waals surface area contributed by atoms with Gasteiger partial charge in [0.1, 0.15) is 0 Å². The van der Waals surface area contributed by atoms with Crippen LogP contribution in [0.25, 0.3) is 0 Å². The number of non-ortho nitro benzene ring substituents is 1. The molecule has 0 N–H and O–H groups in total. The Morgan fingerprint density at radius 1 is 1.17 bits per heavy atom. The molecule has 134 valence electrons. The zero-order chi connectivity index (χ0) is 17.6. The quantitative estimate of drug-likeness (QED) is 0.395. The van der Waals surface area contributed by atoms with E-state index in [1.54, 1.807) is 7.11 Å². The highest BCUT2D eigenvalue weighted by atomic mass is 31.2. The number of ether oxygens (including phenoxy) is 1. The number of hydrogen-bond acceptors (Lipinski definition) is 7. The van der Waals surface area contributed by atoms with Gasteiger partial charge in [0.05, 0.1) is 23.7 Å². The number of phosphoric ester groups is 1. The third kappa shape index (κ3) is 5.09. The van der Waals surface area contributed by atoms with Crippen molar-refractivity contribution in [3.05, 3.63) is 39.9 Å². The van der Waals surface area contributed by atoms with E-state index in [0.29, 0.717) is 5.56 Å². The maximum absolute atomic E-state index is 12.6. The van der Waals surface area contributed by atoms with Crippen molar-refractivity contribution in [3.8, 4) is 0 Å². The van der Waals surface area contributed by atoms with Crippen LogP contribution >= 0.6 is 7.82 Å². The molecule has 1 aromatic rings. The first-order valence-electron chi connectivity index (χ1n) is 7.72. The average Bonchev–Trinajstić information content (AvgIpc) is 2.61. The van der Waals surface area contributed by atoms with Gasteiger partial charge in [-0.3, -0.25) is 23.7 Å². The largest absolute Gasteiger partial charge is 0.475 e. The van der Waals surface area contributed by atoms with Crippen molar-refractivity contribution in [2.75, 3.05) is 14.2 Å². The first kappa shape index (κ1) is 19.0. The third-order valence-corrected chi connectivity index (χ3v) is 5.39. The van der Waals surface area contributed by atoms with Gasteiger partial charge in [-0.15, -0.1) is 0 Å². The van der Waals surface area contributed by atoms with Gasteiger partial charge in [-0.2, -0.15) is 0 Å². The lowest BCUT2D eigenvalue weighted by atomic mass is 9.95. The minimum atomic E-state index is -3.73. The second-order valence-electron chi connectivity index (χ2n) is 5.53. The molecule has 0 amide bonds. The van der Waals surface area contributed by atoms with Crippen LogP contribution in [0.2, 0.25) is 0 Å². The summed E-state index contributed by atoms with van der Waals surface area (Å²) >= 11 is 0. The zero-order valence-electron chi connectivity index (χ0n) is 13.8. The number of nitro benzene ring substituents is 1. The summed E-state index contributed by atoms with van der Waals surface area (Å²) in [7, 11) is -0.865. The van der Waals surface area contributed by atoms with Gasteiger partial charge in [0.15, 0.2) is 0 Å². The molecule has 1 fully saturated rings. The Labute approximate surface area is 140 Å². The van der Waals surface area contributed by atoms with E-state index in [9.17, 15) is 14.7 Å². The number of rotatable bonds is 8. The van der Waals surface area contributed by atoms with Gasteiger partial charge in [0.25, 0.3) is 5.69 Å². The molecule has 0 bridgehead atoms. The molecule has 0 aromatic heterocycles. The maximum atomic E-state index is 12.6. The first-order chi connectivity index (χ1) is 11.5. The lowest BCUT2D eigenvalue weighted by molar-refractivity contribution is -0.384. The Bertz CT molecular complexity index is 592. The van der Waals surface area contributed by atoms with Crippen LogP contribution in [0.1, 0.15) is 31.2 Å². The lowest BCUT2D eigenvalue weighted by Crippen LogP contribution is -2.33. The summed E-state index contributed by atoms with van der Waals surface area (Å²) in [5, 5.41) is 10.6. The van der Waals surface area contributed by atoms with Gasteiger partial charge in [0.2, 0.25) is 0 Å². The molecule has 0 radical (unpaired) electrons. The standard InChI is InChI=1S/C15H22NO7P/c1-20-14-5-3-4-6-15(14)23-24(19,21-2)22-11-12-7-9-13(10-8-12)16(17)18/h7-10,14-15H,3-6,11H2,1-2H3. The second-order valence-corrected chi connectivity index (χ2v) is 7.26. The number of nitro groups is 1. The predicted molar refractivity (Wildman–Crippen MR) is 86.6 cm³/mol. The van der Waals surface area contributed by atoms with E-state index in [-0.39, 0.29) is 24.5 Å². The van der Waals surface area contributed by atoms with Crippen LogP contribution in [0.15, 0.2) is 24.3 Å². The smallest absolute Gasteiger partial charge is 0.379 e. The molecule has 24 heavy (non-hydrogen) atoms. The molecule has 1 aromatic carbocycles. The molecular weight excluding hydrogens is 337 g/mol. The highest BCUT2D eigenvalue weighted by molar-refractivity contribution is 7.48. The molecule has 3 unspecified atom stereocenters. The summed E-state index contributed by atoms with van der Waals surface area (Å²) < 4.78 is 33.9. The number of hydrogen-bond donors (Lipinski definition) is 0. The fraction of sp³-hybridized carbons (Fsp3) is 0.600. The van der Waals surface area contributed by atoms with Gasteiger partial charge in [-0.1, -0.05) is 12.8 Å². The predicted octanol–water partition coefficient (Wildman–Crippen LogP) is 3.84. The Hall–Kier alpha value is -1.31. The molecule has 3 atom stereocenters. The van der Waals surface area contributed by atoms with Crippen LogP contribution in [0.4, 0.5) is 5.69 Å². The van der Waals surface area contributed by atoms with Crippen LogP contribution in [0, 0.1) is 10.1 Å². The molecule has 9 heteroatoms. The Kier molecular flexibility index (Phi) is 6.89. The summed E-state index contributed by atoms with van der Waals surface area (Å²) in [6.07, 6.45) is 3.10. The summed E-state index contributed by atoms with van der Waals surface area (Å²) in [5.41, 5.74) is 0.614. The number of nitrogens with zero attached hydrogens (tertiary/aromatic N) is 1. The van der Waals surface area contributed by atoms with E-state index in [1.807, 2.05) is 0 Å². The van der Waals surface area contributed by atoms with Crippen LogP contribution in [0.5, 0.6) is 0 Å². The molecule has 0 aliphatic heterocycles. The molecule has 0 saturated heterocycles. The van der Waals surface area contributed by atoms with Gasteiger partial charge in [0, 0.05) is 26.4 Å². The van der Waals surface area contributed by atoms with E-state index in [1.165, 1.54) is 31.4 Å². The summed E-state index contributed by atoms with van der Waals surface area (Å²) in [6.45, 7) is -0.0342. The van der Waals surface area contributed by atoms with Crippen LogP contribution < -0.4 is 0 Å². The van der Waals surface area contributed by atoms with Gasteiger partial charge in [-0.05, 0) is 30.5 Å². The summed E-state index contributed by atoms with van der Waals surface area (Å²) in [4.78, 5) is 10.1. The molecule has 1 aliphatic carbocycles. The van der Waals surface area contributed by atoms with Crippen molar-refractivity contribution in [1.82, 2.24) is 0 Å². The molecule has 2 rings (SSSR count). The lowest BCUT2D eigenvalue weighted by Gasteiger charge is -2.31. The first-order valence-corrected chi connectivity index (χ1v) is 9.18. The normalized spacial score (nSPS) is 23.6. The molecule has 0 spiro atoms. The minimum absolute atomic E-state index is 0.0185. The monoisotopic (exact) mass is 359 g/mol. The molecule has 1 aliphatic rings. The van der Waals surface area contributed by atoms with Crippen molar-refractivity contribution >= 4 is 13.5 Å². The molecule has 1 saturated carbocycles. The van der Waals surface area contributed by atoms with Crippen LogP contribution in [0.3, 0.4) is 0 Å². The van der Waals surface area contributed by atoms with Crippen molar-refractivity contribution in [2.45, 2.75) is 44.5 Å². The van der Waals surface area contributed by atoms with E-state index >= 15 is 0 Å². The maximum Gasteiger partial charge on any atom is 0.475 e. The fourth-order valence-corrected chi connectivity index (χ4v) is 3.74. The molecule has 8 nitrogen and oxygen atoms in total. The van der Waals surface area contributed by atoms with Crippen molar-refractivity contribution in [1.29, 1.82) is 0 Å². The van der Waals surface area contributed by atoms with E-state index in [4.69, 9.17) is 18.3 Å². The van der Waals surface area contributed by atoms with Crippen molar-refractivity contribution in [2.24, 2.45) is 0 Å². The zero-order valence-corrected chi connectivity index (χ0v) is 14.6. The third-order valence-electron chi connectivity index (χ3n) is 3.97. The number of methoxy groups -OCH3 is 1. The highest BCUT2D eigenvalue weighted by Gasteiger charge is 2.35. The Morgan fingerprint density at radius 3 is 2.33 bits per heavy atom. The summed E-state index contributed by atoms with van der Waals surface area (Å²) in [6, 6.07) is 5.80. The number of phosphoric acid groups is 1. The number of benzene rings is 1. The fourth-order valence-electron chi connectivity index (χ4n) is 2.61. The summed E-state index contributed by atoms with van der Waals surface area (Å²) in [5.74, 6) is 0. The Morgan fingerprint density at radius 2 is 1.79 bits per heavy atom. The van der Waals surface area contributed by atoms with Gasteiger partial charge < -0.3 is 4.74 Å². The van der Waals surface area contributed by atoms with E-state index in [2.05, 4.69) is 0 Å². The molecular formula is C15H22NO7P. The SMILES string of the molecule is COC1CCCCC1OP(=O)(OC)OCc1ccc([N+](=O)[O-])cc1. The van der Waals surface area contributed by atoms with Gasteiger partial charge in [-0.25, -0.2) is 4.57 Å². The van der Waals surface area contributed by atoms with Crippen molar-refractivity contribution in [3.63, 3.8) is 0 Å². The van der Waals surface area contributed by atoms with E-state index in [0.717, 1.165) is 25.7 Å². The van der Waals surface area contributed by atoms with E-state index < -0.39 is 12.7 Å². The Balaban J connectivity index is 1.96.